The second kappa shape index (κ2) is 4.57. The Labute approximate surface area is 127 Å². The molecule has 0 fully saturated rings. The maximum atomic E-state index is 12.7. The van der Waals surface area contributed by atoms with Gasteiger partial charge in [0, 0.05) is 16.1 Å². The monoisotopic (exact) mass is 290 g/mol. The highest BCUT2D eigenvalue weighted by molar-refractivity contribution is 6.30. The van der Waals surface area contributed by atoms with Crippen molar-refractivity contribution < 1.29 is 4.79 Å². The molecule has 0 saturated carbocycles. The Hall–Kier alpha value is -2.38. The number of carbonyl (C=O) groups excluding carboxylic acids is 1. The molecule has 1 aliphatic rings. The van der Waals surface area contributed by atoms with Crippen molar-refractivity contribution in [1.29, 1.82) is 0 Å². The first-order valence-electron chi connectivity index (χ1n) is 6.79. The third-order valence-electron chi connectivity index (χ3n) is 3.91. The molecule has 0 N–H and O–H groups in total. The zero-order valence-corrected chi connectivity index (χ0v) is 11.9. The summed E-state index contributed by atoms with van der Waals surface area (Å²) in [6.07, 6.45) is 0. The topological polar surface area (TPSA) is 17.1 Å². The number of hydrogen-bond donors (Lipinski definition) is 0. The van der Waals surface area contributed by atoms with Crippen LogP contribution in [0.2, 0.25) is 5.02 Å². The molecule has 3 aromatic carbocycles. The van der Waals surface area contributed by atoms with Crippen LogP contribution in [0.3, 0.4) is 0 Å². The summed E-state index contributed by atoms with van der Waals surface area (Å²) in [6, 6.07) is 21.4. The van der Waals surface area contributed by atoms with E-state index in [0.29, 0.717) is 5.02 Å². The highest BCUT2D eigenvalue weighted by atomic mass is 35.5. The maximum Gasteiger partial charge on any atom is 0.194 e. The lowest BCUT2D eigenvalue weighted by Crippen LogP contribution is -1.97. The van der Waals surface area contributed by atoms with Gasteiger partial charge >= 0.3 is 0 Å². The molecule has 2 heteroatoms. The van der Waals surface area contributed by atoms with Crippen LogP contribution in [0.4, 0.5) is 0 Å². The number of hydrogen-bond acceptors (Lipinski definition) is 1. The summed E-state index contributed by atoms with van der Waals surface area (Å²) in [5.74, 6) is 0.103. The van der Waals surface area contributed by atoms with Crippen molar-refractivity contribution in [3.8, 4) is 22.3 Å². The van der Waals surface area contributed by atoms with Crippen molar-refractivity contribution >= 4 is 17.4 Å². The van der Waals surface area contributed by atoms with E-state index in [1.54, 1.807) is 0 Å². The van der Waals surface area contributed by atoms with Crippen LogP contribution in [0.1, 0.15) is 15.9 Å². The molecule has 0 spiro atoms. The zero-order chi connectivity index (χ0) is 14.4. The molecule has 0 aromatic heterocycles. The van der Waals surface area contributed by atoms with E-state index in [9.17, 15) is 4.79 Å². The molecule has 0 unspecified atom stereocenters. The number of rotatable bonds is 1. The van der Waals surface area contributed by atoms with Gasteiger partial charge in [0.25, 0.3) is 0 Å². The minimum absolute atomic E-state index is 0.103. The predicted molar refractivity (Wildman–Crippen MR) is 85.8 cm³/mol. The van der Waals surface area contributed by atoms with Gasteiger partial charge in [-0.1, -0.05) is 66.2 Å². The molecule has 3 aromatic rings. The Bertz CT molecular complexity index is 863. The fraction of sp³-hybridized carbons (Fsp3) is 0. The second-order valence-electron chi connectivity index (χ2n) is 5.11. The average molecular weight is 291 g/mol. The summed E-state index contributed by atoms with van der Waals surface area (Å²) in [7, 11) is 0. The van der Waals surface area contributed by atoms with Crippen LogP contribution in [0, 0.1) is 0 Å². The standard InChI is InChI=1S/C19H11ClO/c20-13-10-8-12(9-11-13)14-6-3-7-16-15-4-1-2-5-17(15)19(21)18(14)16/h1-11H. The zero-order valence-electron chi connectivity index (χ0n) is 11.1. The molecule has 4 rings (SSSR count). The van der Waals surface area contributed by atoms with E-state index in [4.69, 9.17) is 11.6 Å². The van der Waals surface area contributed by atoms with Crippen molar-refractivity contribution in [3.63, 3.8) is 0 Å². The molecular formula is C19H11ClO. The van der Waals surface area contributed by atoms with Crippen molar-refractivity contribution in [1.82, 2.24) is 0 Å². The molecule has 0 aliphatic heterocycles. The molecule has 0 bridgehead atoms. The predicted octanol–water partition coefficient (Wildman–Crippen LogP) is 5.22. The molecule has 0 heterocycles. The number of ketones is 1. The van der Waals surface area contributed by atoms with Gasteiger partial charge in [-0.2, -0.15) is 0 Å². The van der Waals surface area contributed by atoms with Crippen LogP contribution >= 0.6 is 11.6 Å². The van der Waals surface area contributed by atoms with Crippen molar-refractivity contribution in [3.05, 3.63) is 82.9 Å². The van der Waals surface area contributed by atoms with E-state index in [1.807, 2.05) is 66.7 Å². The van der Waals surface area contributed by atoms with Gasteiger partial charge < -0.3 is 0 Å². The molecule has 1 nitrogen and oxygen atoms in total. The lowest BCUT2D eigenvalue weighted by Gasteiger charge is -2.08. The van der Waals surface area contributed by atoms with E-state index in [2.05, 4.69) is 0 Å². The summed E-state index contributed by atoms with van der Waals surface area (Å²) in [4.78, 5) is 12.7. The van der Waals surface area contributed by atoms with Crippen LogP contribution in [0.25, 0.3) is 22.3 Å². The molecule has 1 aliphatic carbocycles. The second-order valence-corrected chi connectivity index (χ2v) is 5.55. The van der Waals surface area contributed by atoms with Gasteiger partial charge in [0.05, 0.1) is 0 Å². The first-order chi connectivity index (χ1) is 10.3. The summed E-state index contributed by atoms with van der Waals surface area (Å²) >= 11 is 5.95. The summed E-state index contributed by atoms with van der Waals surface area (Å²) in [5, 5.41) is 0.695. The van der Waals surface area contributed by atoms with E-state index in [0.717, 1.165) is 33.4 Å². The molecule has 100 valence electrons. The number of carbonyl (C=O) groups is 1. The number of fused-ring (bicyclic) bond motifs is 3. The molecule has 0 radical (unpaired) electrons. The minimum atomic E-state index is 0.103. The summed E-state index contributed by atoms with van der Waals surface area (Å²) < 4.78 is 0. The quantitative estimate of drug-likeness (QED) is 0.470. The van der Waals surface area contributed by atoms with Gasteiger partial charge in [0.15, 0.2) is 5.78 Å². The molecule has 0 amide bonds. The number of halogens is 1. The fourth-order valence-corrected chi connectivity index (χ4v) is 3.07. The van der Waals surface area contributed by atoms with Gasteiger partial charge in [-0.25, -0.2) is 0 Å². The van der Waals surface area contributed by atoms with Crippen molar-refractivity contribution in [2.45, 2.75) is 0 Å². The SMILES string of the molecule is O=C1c2ccccc2-c2cccc(-c3ccc(Cl)cc3)c21. The number of benzene rings is 3. The van der Waals surface area contributed by atoms with E-state index in [-0.39, 0.29) is 5.78 Å². The Morgan fingerprint density at radius 1 is 0.619 bits per heavy atom. The van der Waals surface area contributed by atoms with Gasteiger partial charge in [-0.15, -0.1) is 0 Å². The Morgan fingerprint density at radius 3 is 2.00 bits per heavy atom. The molecule has 0 atom stereocenters. The first-order valence-corrected chi connectivity index (χ1v) is 7.16. The lowest BCUT2D eigenvalue weighted by molar-refractivity contribution is 0.104. The van der Waals surface area contributed by atoms with Crippen LogP contribution in [-0.2, 0) is 0 Å². The van der Waals surface area contributed by atoms with Gasteiger partial charge in [0.2, 0.25) is 0 Å². The van der Waals surface area contributed by atoms with E-state index in [1.165, 1.54) is 0 Å². The van der Waals surface area contributed by atoms with Crippen LogP contribution < -0.4 is 0 Å². The third-order valence-corrected chi connectivity index (χ3v) is 4.16. The molecular weight excluding hydrogens is 280 g/mol. The van der Waals surface area contributed by atoms with Crippen molar-refractivity contribution in [2.75, 3.05) is 0 Å². The van der Waals surface area contributed by atoms with Crippen LogP contribution in [-0.4, -0.2) is 5.78 Å². The van der Waals surface area contributed by atoms with Gasteiger partial charge in [0.1, 0.15) is 0 Å². The third kappa shape index (κ3) is 1.82. The minimum Gasteiger partial charge on any atom is -0.289 e. The summed E-state index contributed by atoms with van der Waals surface area (Å²) in [5.41, 5.74) is 5.59. The maximum absolute atomic E-state index is 12.7. The Morgan fingerprint density at radius 2 is 1.24 bits per heavy atom. The highest BCUT2D eigenvalue weighted by Crippen LogP contribution is 2.41. The lowest BCUT2D eigenvalue weighted by atomic mass is 9.95. The van der Waals surface area contributed by atoms with Crippen LogP contribution in [0.15, 0.2) is 66.7 Å². The fourth-order valence-electron chi connectivity index (χ4n) is 2.94. The average Bonchev–Trinajstić information content (AvgIpc) is 2.82. The van der Waals surface area contributed by atoms with Crippen LogP contribution in [0.5, 0.6) is 0 Å². The van der Waals surface area contributed by atoms with Gasteiger partial charge in [-0.3, -0.25) is 4.79 Å². The smallest absolute Gasteiger partial charge is 0.194 e. The largest absolute Gasteiger partial charge is 0.289 e. The molecule has 21 heavy (non-hydrogen) atoms. The first kappa shape index (κ1) is 12.4. The van der Waals surface area contributed by atoms with E-state index < -0.39 is 0 Å². The van der Waals surface area contributed by atoms with Crippen molar-refractivity contribution in [2.24, 2.45) is 0 Å². The summed E-state index contributed by atoms with van der Waals surface area (Å²) in [6.45, 7) is 0. The Kier molecular flexibility index (Phi) is 2.69. The highest BCUT2D eigenvalue weighted by Gasteiger charge is 2.28. The van der Waals surface area contributed by atoms with Gasteiger partial charge in [-0.05, 0) is 34.4 Å². The Balaban J connectivity index is 1.98. The molecule has 0 saturated heterocycles. The van der Waals surface area contributed by atoms with E-state index >= 15 is 0 Å². The normalized spacial score (nSPS) is 12.1.